The SMILES string of the molecule is CC(Oc1cccc(Br)c1CN)C(F)(F)F. The summed E-state index contributed by atoms with van der Waals surface area (Å²) in [5.74, 6) is 0.154. The number of hydrogen-bond acceptors (Lipinski definition) is 2. The van der Waals surface area contributed by atoms with Crippen molar-refractivity contribution in [2.75, 3.05) is 0 Å². The fraction of sp³-hybridized carbons (Fsp3) is 0.400. The zero-order valence-corrected chi connectivity index (χ0v) is 10.1. The highest BCUT2D eigenvalue weighted by Gasteiger charge is 2.38. The van der Waals surface area contributed by atoms with Crippen molar-refractivity contribution in [1.82, 2.24) is 0 Å². The first-order valence-electron chi connectivity index (χ1n) is 4.57. The molecule has 0 saturated carbocycles. The molecule has 0 saturated heterocycles. The number of nitrogens with two attached hydrogens (primary N) is 1. The molecule has 1 aromatic carbocycles. The van der Waals surface area contributed by atoms with E-state index >= 15 is 0 Å². The van der Waals surface area contributed by atoms with Crippen LogP contribution in [0.25, 0.3) is 0 Å². The summed E-state index contributed by atoms with van der Waals surface area (Å²) in [5.41, 5.74) is 5.97. The topological polar surface area (TPSA) is 35.2 Å². The van der Waals surface area contributed by atoms with Gasteiger partial charge in [-0.2, -0.15) is 13.2 Å². The Kier molecular flexibility index (Phi) is 4.21. The van der Waals surface area contributed by atoms with Gasteiger partial charge in [-0.25, -0.2) is 0 Å². The third kappa shape index (κ3) is 3.12. The lowest BCUT2D eigenvalue weighted by atomic mass is 10.2. The molecule has 16 heavy (non-hydrogen) atoms. The minimum absolute atomic E-state index is 0.112. The van der Waals surface area contributed by atoms with Crippen molar-refractivity contribution < 1.29 is 17.9 Å². The summed E-state index contributed by atoms with van der Waals surface area (Å²) in [4.78, 5) is 0. The highest BCUT2D eigenvalue weighted by molar-refractivity contribution is 9.10. The van der Waals surface area contributed by atoms with E-state index in [0.717, 1.165) is 6.92 Å². The van der Waals surface area contributed by atoms with Crippen molar-refractivity contribution in [2.45, 2.75) is 25.7 Å². The highest BCUT2D eigenvalue weighted by atomic mass is 79.9. The minimum atomic E-state index is -4.38. The summed E-state index contributed by atoms with van der Waals surface area (Å²) in [6.07, 6.45) is -6.24. The number of hydrogen-bond donors (Lipinski definition) is 1. The molecule has 2 nitrogen and oxygen atoms in total. The van der Waals surface area contributed by atoms with Gasteiger partial charge in [-0.3, -0.25) is 0 Å². The molecule has 2 N–H and O–H groups in total. The molecule has 1 atom stereocenters. The molecule has 0 aliphatic heterocycles. The molecular weight excluding hydrogens is 287 g/mol. The van der Waals surface area contributed by atoms with Crippen LogP contribution < -0.4 is 10.5 Å². The van der Waals surface area contributed by atoms with Gasteiger partial charge in [0.05, 0.1) is 0 Å². The maximum atomic E-state index is 12.3. The van der Waals surface area contributed by atoms with E-state index in [4.69, 9.17) is 10.5 Å². The molecule has 1 aromatic rings. The van der Waals surface area contributed by atoms with E-state index in [1.54, 1.807) is 12.1 Å². The Hall–Kier alpha value is -0.750. The monoisotopic (exact) mass is 297 g/mol. The Labute approximate surface area is 99.7 Å². The maximum absolute atomic E-state index is 12.3. The molecule has 1 rings (SSSR count). The average molecular weight is 298 g/mol. The van der Waals surface area contributed by atoms with Crippen LogP contribution in [0.4, 0.5) is 13.2 Å². The predicted molar refractivity (Wildman–Crippen MR) is 58.2 cm³/mol. The summed E-state index contributed by atoms with van der Waals surface area (Å²) in [6.45, 7) is 1.07. The van der Waals surface area contributed by atoms with Crippen molar-refractivity contribution in [2.24, 2.45) is 5.73 Å². The molecule has 0 spiro atoms. The van der Waals surface area contributed by atoms with Crippen LogP contribution in [-0.2, 0) is 6.54 Å². The van der Waals surface area contributed by atoms with Crippen molar-refractivity contribution in [3.8, 4) is 5.75 Å². The first-order chi connectivity index (χ1) is 7.36. The molecule has 0 aliphatic rings. The quantitative estimate of drug-likeness (QED) is 0.929. The number of rotatable bonds is 3. The molecule has 0 aliphatic carbocycles. The van der Waals surface area contributed by atoms with E-state index in [9.17, 15) is 13.2 Å². The van der Waals surface area contributed by atoms with Crippen LogP contribution in [-0.4, -0.2) is 12.3 Å². The van der Waals surface area contributed by atoms with Gasteiger partial charge in [0.1, 0.15) is 5.75 Å². The van der Waals surface area contributed by atoms with Gasteiger partial charge >= 0.3 is 6.18 Å². The van der Waals surface area contributed by atoms with Gasteiger partial charge in [0.15, 0.2) is 6.10 Å². The van der Waals surface area contributed by atoms with Crippen molar-refractivity contribution >= 4 is 15.9 Å². The van der Waals surface area contributed by atoms with Crippen LogP contribution in [0, 0.1) is 0 Å². The highest BCUT2D eigenvalue weighted by Crippen LogP contribution is 2.30. The summed E-state index contributed by atoms with van der Waals surface area (Å²) < 4.78 is 42.4. The van der Waals surface area contributed by atoms with Gasteiger partial charge in [-0.1, -0.05) is 22.0 Å². The van der Waals surface area contributed by atoms with Gasteiger partial charge in [0.2, 0.25) is 0 Å². The predicted octanol–water partition coefficient (Wildman–Crippen LogP) is 3.24. The first-order valence-corrected chi connectivity index (χ1v) is 5.36. The van der Waals surface area contributed by atoms with Gasteiger partial charge in [0.25, 0.3) is 0 Å². The van der Waals surface area contributed by atoms with Crippen LogP contribution in [0.3, 0.4) is 0 Å². The van der Waals surface area contributed by atoms with E-state index in [1.807, 2.05) is 0 Å². The molecule has 0 aromatic heterocycles. The molecule has 0 bridgehead atoms. The normalized spacial score (nSPS) is 13.6. The number of halogens is 4. The lowest BCUT2D eigenvalue weighted by Crippen LogP contribution is -2.31. The lowest BCUT2D eigenvalue weighted by Gasteiger charge is -2.19. The van der Waals surface area contributed by atoms with E-state index in [0.29, 0.717) is 10.0 Å². The first kappa shape index (κ1) is 13.3. The second kappa shape index (κ2) is 5.05. The van der Waals surface area contributed by atoms with E-state index < -0.39 is 12.3 Å². The molecule has 0 amide bonds. The van der Waals surface area contributed by atoms with Gasteiger partial charge in [0, 0.05) is 16.6 Å². The van der Waals surface area contributed by atoms with E-state index in [-0.39, 0.29) is 12.3 Å². The molecule has 0 heterocycles. The van der Waals surface area contributed by atoms with Crippen LogP contribution in [0.2, 0.25) is 0 Å². The summed E-state index contributed by atoms with van der Waals surface area (Å²) >= 11 is 3.21. The summed E-state index contributed by atoms with van der Waals surface area (Å²) in [6, 6.07) is 4.77. The standard InChI is InChI=1S/C10H11BrF3NO/c1-6(10(12,13)14)16-9-4-2-3-8(11)7(9)5-15/h2-4,6H,5,15H2,1H3. The Morgan fingerprint density at radius 2 is 2.06 bits per heavy atom. The average Bonchev–Trinajstić information content (AvgIpc) is 2.16. The Morgan fingerprint density at radius 3 is 2.56 bits per heavy atom. The summed E-state index contributed by atoms with van der Waals surface area (Å²) in [7, 11) is 0. The Morgan fingerprint density at radius 1 is 1.44 bits per heavy atom. The number of ether oxygens (including phenoxy) is 1. The Bertz CT molecular complexity index is 368. The third-order valence-corrected chi connectivity index (χ3v) is 2.79. The molecule has 0 radical (unpaired) electrons. The van der Waals surface area contributed by atoms with Crippen LogP contribution >= 0.6 is 15.9 Å². The Balaban J connectivity index is 2.93. The summed E-state index contributed by atoms with van der Waals surface area (Å²) in [5, 5.41) is 0. The fourth-order valence-electron chi connectivity index (χ4n) is 1.10. The second-order valence-electron chi connectivity index (χ2n) is 3.22. The van der Waals surface area contributed by atoms with E-state index in [2.05, 4.69) is 15.9 Å². The zero-order valence-electron chi connectivity index (χ0n) is 8.51. The van der Waals surface area contributed by atoms with E-state index in [1.165, 1.54) is 6.07 Å². The van der Waals surface area contributed by atoms with Crippen LogP contribution in [0.5, 0.6) is 5.75 Å². The second-order valence-corrected chi connectivity index (χ2v) is 4.08. The van der Waals surface area contributed by atoms with Gasteiger partial charge in [-0.15, -0.1) is 0 Å². The lowest BCUT2D eigenvalue weighted by molar-refractivity contribution is -0.189. The van der Waals surface area contributed by atoms with Crippen molar-refractivity contribution in [1.29, 1.82) is 0 Å². The van der Waals surface area contributed by atoms with Crippen LogP contribution in [0.1, 0.15) is 12.5 Å². The van der Waals surface area contributed by atoms with Crippen molar-refractivity contribution in [3.63, 3.8) is 0 Å². The fourth-order valence-corrected chi connectivity index (χ4v) is 1.61. The van der Waals surface area contributed by atoms with Gasteiger partial charge in [-0.05, 0) is 19.1 Å². The molecule has 0 fully saturated rings. The van der Waals surface area contributed by atoms with Gasteiger partial charge < -0.3 is 10.5 Å². The largest absolute Gasteiger partial charge is 0.481 e. The third-order valence-electron chi connectivity index (χ3n) is 2.04. The zero-order chi connectivity index (χ0) is 12.3. The van der Waals surface area contributed by atoms with Crippen LogP contribution in [0.15, 0.2) is 22.7 Å². The molecular formula is C10H11BrF3NO. The molecule has 6 heteroatoms. The minimum Gasteiger partial charge on any atom is -0.481 e. The number of benzene rings is 1. The smallest absolute Gasteiger partial charge is 0.425 e. The van der Waals surface area contributed by atoms with Crippen molar-refractivity contribution in [3.05, 3.63) is 28.2 Å². The molecule has 90 valence electrons. The molecule has 1 unspecified atom stereocenters. The maximum Gasteiger partial charge on any atom is 0.425 e. The number of alkyl halides is 3.